The maximum Gasteiger partial charge on any atom is 0.410 e. The van der Waals surface area contributed by atoms with Crippen LogP contribution in [0.4, 0.5) is 9.59 Å². The number of likely N-dealkylation sites (tertiary alicyclic amines) is 1. The standard InChI is InChI=1S/C24H35N3O5/c1-24(2,3)32-23(30)26-11-9-20(10-12-26)21(28)17-25-13-15-27(16-14-25)22(29)31-18-19-7-5-4-6-8-19/h4-8,20H,9-18H2,1-3H3. The van der Waals surface area contributed by atoms with Gasteiger partial charge in [0.25, 0.3) is 0 Å². The van der Waals surface area contributed by atoms with Crippen LogP contribution in [0.15, 0.2) is 30.3 Å². The third-order valence-corrected chi connectivity index (χ3v) is 5.82. The molecule has 3 rings (SSSR count). The molecule has 2 aliphatic heterocycles. The molecule has 1 aromatic carbocycles. The van der Waals surface area contributed by atoms with Gasteiger partial charge in [0.2, 0.25) is 0 Å². The summed E-state index contributed by atoms with van der Waals surface area (Å²) >= 11 is 0. The monoisotopic (exact) mass is 445 g/mol. The molecule has 176 valence electrons. The van der Waals surface area contributed by atoms with Crippen LogP contribution in [0.25, 0.3) is 0 Å². The Morgan fingerprint density at radius 2 is 1.47 bits per heavy atom. The number of ether oxygens (including phenoxy) is 2. The van der Waals surface area contributed by atoms with Crippen molar-refractivity contribution in [3.05, 3.63) is 35.9 Å². The average Bonchev–Trinajstić information content (AvgIpc) is 2.77. The van der Waals surface area contributed by atoms with Crippen molar-refractivity contribution in [2.75, 3.05) is 45.8 Å². The Bertz CT molecular complexity index is 777. The van der Waals surface area contributed by atoms with E-state index in [9.17, 15) is 14.4 Å². The van der Waals surface area contributed by atoms with Crippen LogP contribution < -0.4 is 0 Å². The zero-order valence-corrected chi connectivity index (χ0v) is 19.4. The summed E-state index contributed by atoms with van der Waals surface area (Å²) in [6.07, 6.45) is 0.723. The lowest BCUT2D eigenvalue weighted by Crippen LogP contribution is -2.51. The lowest BCUT2D eigenvalue weighted by molar-refractivity contribution is -0.125. The average molecular weight is 446 g/mol. The van der Waals surface area contributed by atoms with Gasteiger partial charge in [-0.3, -0.25) is 9.69 Å². The summed E-state index contributed by atoms with van der Waals surface area (Å²) in [7, 11) is 0. The summed E-state index contributed by atoms with van der Waals surface area (Å²) in [5, 5.41) is 0. The first-order chi connectivity index (χ1) is 15.2. The van der Waals surface area contributed by atoms with Crippen molar-refractivity contribution in [2.45, 2.75) is 45.8 Å². The molecule has 0 atom stereocenters. The van der Waals surface area contributed by atoms with Gasteiger partial charge in [0, 0.05) is 45.2 Å². The third kappa shape index (κ3) is 7.22. The number of ketones is 1. The van der Waals surface area contributed by atoms with Gasteiger partial charge in [-0.25, -0.2) is 9.59 Å². The largest absolute Gasteiger partial charge is 0.445 e. The zero-order chi connectivity index (χ0) is 23.1. The van der Waals surface area contributed by atoms with E-state index in [1.54, 1.807) is 9.80 Å². The van der Waals surface area contributed by atoms with Gasteiger partial charge in [0.15, 0.2) is 0 Å². The van der Waals surface area contributed by atoms with Crippen molar-refractivity contribution in [3.8, 4) is 0 Å². The Labute approximate surface area is 190 Å². The lowest BCUT2D eigenvalue weighted by Gasteiger charge is -2.36. The van der Waals surface area contributed by atoms with Gasteiger partial charge in [-0.1, -0.05) is 30.3 Å². The SMILES string of the molecule is CC(C)(C)OC(=O)N1CCC(C(=O)CN2CCN(C(=O)OCc3ccccc3)CC2)CC1. The predicted molar refractivity (Wildman–Crippen MR) is 120 cm³/mol. The summed E-state index contributed by atoms with van der Waals surface area (Å²) in [5.41, 5.74) is 0.447. The molecule has 2 heterocycles. The highest BCUT2D eigenvalue weighted by molar-refractivity contribution is 5.83. The van der Waals surface area contributed by atoms with E-state index in [1.807, 2.05) is 51.1 Å². The second-order valence-corrected chi connectivity index (χ2v) is 9.51. The van der Waals surface area contributed by atoms with Gasteiger partial charge >= 0.3 is 12.2 Å². The van der Waals surface area contributed by atoms with E-state index in [-0.39, 0.29) is 30.5 Å². The molecule has 8 heteroatoms. The fraction of sp³-hybridized carbons (Fsp3) is 0.625. The molecule has 0 N–H and O–H groups in total. The molecule has 0 aromatic heterocycles. The van der Waals surface area contributed by atoms with Crippen LogP contribution >= 0.6 is 0 Å². The third-order valence-electron chi connectivity index (χ3n) is 5.82. The smallest absolute Gasteiger partial charge is 0.410 e. The van der Waals surface area contributed by atoms with E-state index in [0.717, 1.165) is 5.56 Å². The van der Waals surface area contributed by atoms with Crippen molar-refractivity contribution in [3.63, 3.8) is 0 Å². The number of hydrogen-bond donors (Lipinski definition) is 0. The quantitative estimate of drug-likeness (QED) is 0.693. The minimum Gasteiger partial charge on any atom is -0.445 e. The van der Waals surface area contributed by atoms with E-state index < -0.39 is 5.60 Å². The van der Waals surface area contributed by atoms with Crippen LogP contribution in [0, 0.1) is 5.92 Å². The van der Waals surface area contributed by atoms with Crippen LogP contribution in [-0.4, -0.2) is 84.1 Å². The molecule has 1 aromatic rings. The van der Waals surface area contributed by atoms with Crippen LogP contribution in [-0.2, 0) is 20.9 Å². The maximum atomic E-state index is 12.8. The Morgan fingerprint density at radius 1 is 0.875 bits per heavy atom. The number of piperidine rings is 1. The van der Waals surface area contributed by atoms with Crippen molar-refractivity contribution >= 4 is 18.0 Å². The van der Waals surface area contributed by atoms with Gasteiger partial charge in [-0.05, 0) is 39.2 Å². The number of Topliss-reactive ketones (excluding diaryl/α,β-unsaturated/α-hetero) is 1. The predicted octanol–water partition coefficient (Wildman–Crippen LogP) is 3.16. The molecular weight excluding hydrogens is 410 g/mol. The number of benzene rings is 1. The normalized spacial score (nSPS) is 18.3. The highest BCUT2D eigenvalue weighted by Gasteiger charge is 2.31. The van der Waals surface area contributed by atoms with Crippen LogP contribution in [0.1, 0.15) is 39.2 Å². The van der Waals surface area contributed by atoms with Crippen LogP contribution in [0.5, 0.6) is 0 Å². The van der Waals surface area contributed by atoms with Gasteiger partial charge in [-0.15, -0.1) is 0 Å². The second-order valence-electron chi connectivity index (χ2n) is 9.51. The number of nitrogens with zero attached hydrogens (tertiary/aromatic N) is 3. The van der Waals surface area contributed by atoms with E-state index in [1.165, 1.54) is 0 Å². The molecule has 0 aliphatic carbocycles. The minimum absolute atomic E-state index is 0.0254. The van der Waals surface area contributed by atoms with Crippen molar-refractivity contribution < 1.29 is 23.9 Å². The number of carbonyl (C=O) groups excluding carboxylic acids is 3. The van der Waals surface area contributed by atoms with Crippen molar-refractivity contribution in [2.24, 2.45) is 5.92 Å². The molecule has 8 nitrogen and oxygen atoms in total. The molecule has 2 fully saturated rings. The van der Waals surface area contributed by atoms with E-state index in [4.69, 9.17) is 9.47 Å². The Morgan fingerprint density at radius 3 is 2.06 bits per heavy atom. The summed E-state index contributed by atoms with van der Waals surface area (Å²) in [6, 6.07) is 9.61. The molecule has 0 spiro atoms. The summed E-state index contributed by atoms with van der Waals surface area (Å²) in [4.78, 5) is 42.7. The maximum absolute atomic E-state index is 12.8. The molecule has 0 radical (unpaired) electrons. The molecule has 0 unspecified atom stereocenters. The number of amides is 2. The van der Waals surface area contributed by atoms with Crippen LogP contribution in [0.3, 0.4) is 0 Å². The summed E-state index contributed by atoms with van der Waals surface area (Å²) < 4.78 is 10.8. The lowest BCUT2D eigenvalue weighted by atomic mass is 9.92. The molecule has 0 saturated carbocycles. The molecule has 2 aliphatic rings. The van der Waals surface area contributed by atoms with Crippen molar-refractivity contribution in [1.29, 1.82) is 0 Å². The topological polar surface area (TPSA) is 79.4 Å². The van der Waals surface area contributed by atoms with Gasteiger partial charge in [0.05, 0.1) is 6.54 Å². The number of carbonyl (C=O) groups is 3. The number of hydrogen-bond acceptors (Lipinski definition) is 6. The number of piperazine rings is 1. The van der Waals surface area contributed by atoms with Gasteiger partial charge in [-0.2, -0.15) is 0 Å². The molecule has 2 saturated heterocycles. The Balaban J connectivity index is 1.35. The minimum atomic E-state index is -0.514. The Kier molecular flexibility index (Phi) is 8.12. The first-order valence-corrected chi connectivity index (χ1v) is 11.4. The summed E-state index contributed by atoms with van der Waals surface area (Å²) in [5.74, 6) is 0.191. The highest BCUT2D eigenvalue weighted by atomic mass is 16.6. The van der Waals surface area contributed by atoms with Gasteiger partial charge < -0.3 is 19.3 Å². The first kappa shape index (κ1) is 24.0. The molecule has 2 amide bonds. The zero-order valence-electron chi connectivity index (χ0n) is 19.4. The fourth-order valence-electron chi connectivity index (χ4n) is 3.96. The first-order valence-electron chi connectivity index (χ1n) is 11.4. The van der Waals surface area contributed by atoms with Crippen molar-refractivity contribution in [1.82, 2.24) is 14.7 Å². The fourth-order valence-corrected chi connectivity index (χ4v) is 3.96. The summed E-state index contributed by atoms with van der Waals surface area (Å²) in [6.45, 7) is 9.72. The second kappa shape index (κ2) is 10.8. The van der Waals surface area contributed by atoms with E-state index >= 15 is 0 Å². The Hall–Kier alpha value is -2.61. The van der Waals surface area contributed by atoms with E-state index in [2.05, 4.69) is 4.90 Å². The van der Waals surface area contributed by atoms with Crippen LogP contribution in [0.2, 0.25) is 0 Å². The molecule has 0 bridgehead atoms. The highest BCUT2D eigenvalue weighted by Crippen LogP contribution is 2.21. The van der Waals surface area contributed by atoms with Gasteiger partial charge in [0.1, 0.15) is 18.0 Å². The van der Waals surface area contributed by atoms with E-state index in [0.29, 0.717) is 58.7 Å². The molecule has 32 heavy (non-hydrogen) atoms. The molecular formula is C24H35N3O5. The number of rotatable bonds is 5.